The second-order valence-corrected chi connectivity index (χ2v) is 32.3. The monoisotopic (exact) mass is 550 g/mol. The summed E-state index contributed by atoms with van der Waals surface area (Å²) in [5.74, 6) is -0.224. The Hall–Kier alpha value is 0.134. The van der Waals surface area contributed by atoms with E-state index in [2.05, 4.69) is 58.9 Å². The Balaban J connectivity index is 3.25. The van der Waals surface area contributed by atoms with Crippen LogP contribution in [0.5, 0.6) is 0 Å². The minimum atomic E-state index is -3.15. The summed E-state index contributed by atoms with van der Waals surface area (Å²) in [4.78, 5) is 11.6. The lowest BCUT2D eigenvalue weighted by molar-refractivity contribution is -0.138. The molecule has 1 heterocycles. The van der Waals surface area contributed by atoms with E-state index >= 15 is 0 Å². The molecule has 6 nitrogen and oxygen atoms in total. The van der Waals surface area contributed by atoms with Crippen molar-refractivity contribution in [1.29, 1.82) is 0 Å². The lowest BCUT2D eigenvalue weighted by Gasteiger charge is -2.53. The zero-order chi connectivity index (χ0) is 25.6. The van der Waals surface area contributed by atoms with Crippen LogP contribution in [-0.4, -0.2) is 67.3 Å². The van der Waals surface area contributed by atoms with Crippen molar-refractivity contribution >= 4 is 49.2 Å². The summed E-state index contributed by atoms with van der Waals surface area (Å²) in [5, 5.41) is 0. The Kier molecular flexibility index (Phi) is 11.7. The van der Waals surface area contributed by atoms with Crippen LogP contribution in [-0.2, 0) is 26.6 Å². The van der Waals surface area contributed by atoms with Gasteiger partial charge in [-0.05, 0) is 98.5 Å². The summed E-state index contributed by atoms with van der Waals surface area (Å²) in [6.07, 6.45) is 5.79. The van der Waals surface area contributed by atoms with Gasteiger partial charge in [-0.2, -0.15) is 0 Å². The van der Waals surface area contributed by atoms with Crippen LogP contribution in [0.4, 0.5) is 0 Å². The van der Waals surface area contributed by atoms with E-state index in [0.29, 0.717) is 12.2 Å². The highest BCUT2D eigenvalue weighted by molar-refractivity contribution is 6.94. The number of hydrogen-bond acceptors (Lipinski definition) is 6. The fourth-order valence-corrected chi connectivity index (χ4v) is 23.7. The Morgan fingerprint density at radius 2 is 1.45 bits per heavy atom. The van der Waals surface area contributed by atoms with Crippen LogP contribution >= 0.6 is 0 Å². The van der Waals surface area contributed by atoms with E-state index in [1.54, 1.807) is 13.0 Å². The topological polar surface area (TPSA) is 63.2 Å². The molecule has 0 spiro atoms. The van der Waals surface area contributed by atoms with Crippen molar-refractivity contribution in [2.24, 2.45) is 0 Å². The maximum atomic E-state index is 12.0. The summed E-state index contributed by atoms with van der Waals surface area (Å²) in [5.41, 5.74) is 0.654. The zero-order valence-corrected chi connectivity index (χ0v) is 28.6. The van der Waals surface area contributed by atoms with Gasteiger partial charge in [-0.25, -0.2) is 4.79 Å². The number of rotatable bonds is 13. The largest absolute Gasteiger partial charge is 0.499 e. The molecule has 11 heteroatoms. The highest BCUT2D eigenvalue weighted by atomic mass is 28.5. The van der Waals surface area contributed by atoms with Gasteiger partial charge in [0.25, 0.3) is 0 Å². The van der Waals surface area contributed by atoms with Crippen molar-refractivity contribution in [2.75, 3.05) is 13.2 Å². The Labute approximate surface area is 209 Å². The standard InChI is InChI=1S/C22H50O6Si5/c1-12-20(2)21(23)24-17-15-19-29-22(16-13-14-18-25-22)33(26-30(3,4)5,27-31(6,7)8)28-32(9,10)11/h12H,13-19,29H2,1-11H3. The van der Waals surface area contributed by atoms with E-state index in [1.807, 2.05) is 6.92 Å². The quantitative estimate of drug-likeness (QED) is 0.132. The van der Waals surface area contributed by atoms with Crippen molar-refractivity contribution in [3.63, 3.8) is 0 Å². The molecule has 0 aromatic rings. The molecule has 1 atom stereocenters. The molecule has 0 aliphatic carbocycles. The number of hydrogen-bond donors (Lipinski definition) is 0. The number of carbonyl (C=O) groups excluding carboxylic acids is 1. The molecule has 1 rings (SSSR count). The van der Waals surface area contributed by atoms with Crippen molar-refractivity contribution < 1.29 is 26.6 Å². The second kappa shape index (κ2) is 12.4. The van der Waals surface area contributed by atoms with Crippen molar-refractivity contribution in [1.82, 2.24) is 0 Å². The van der Waals surface area contributed by atoms with Gasteiger partial charge in [0.05, 0.1) is 16.1 Å². The summed E-state index contributed by atoms with van der Waals surface area (Å²) >= 11 is 0. The molecule has 1 aliphatic rings. The van der Waals surface area contributed by atoms with Gasteiger partial charge in [0.1, 0.15) is 4.85 Å². The van der Waals surface area contributed by atoms with Crippen LogP contribution in [0.1, 0.15) is 39.5 Å². The van der Waals surface area contributed by atoms with Crippen LogP contribution in [0.3, 0.4) is 0 Å². The third-order valence-corrected chi connectivity index (χ3v) is 21.5. The van der Waals surface area contributed by atoms with Gasteiger partial charge in [0.15, 0.2) is 25.0 Å². The third-order valence-electron chi connectivity index (χ3n) is 5.20. The molecule has 1 aliphatic heterocycles. The predicted molar refractivity (Wildman–Crippen MR) is 150 cm³/mol. The molecular formula is C22H50O6Si5. The van der Waals surface area contributed by atoms with Crippen molar-refractivity contribution in [3.8, 4) is 0 Å². The van der Waals surface area contributed by atoms with Gasteiger partial charge in [0.2, 0.25) is 0 Å². The maximum Gasteiger partial charge on any atom is 0.499 e. The molecule has 0 saturated carbocycles. The fourth-order valence-electron chi connectivity index (χ4n) is 3.90. The van der Waals surface area contributed by atoms with Crippen LogP contribution in [0.25, 0.3) is 0 Å². The van der Waals surface area contributed by atoms with Gasteiger partial charge >= 0.3 is 14.8 Å². The first kappa shape index (κ1) is 31.2. The van der Waals surface area contributed by atoms with Crippen LogP contribution in [0.15, 0.2) is 11.6 Å². The minimum Gasteiger partial charge on any atom is -0.462 e. The van der Waals surface area contributed by atoms with E-state index in [9.17, 15) is 4.79 Å². The molecule has 194 valence electrons. The smallest absolute Gasteiger partial charge is 0.462 e. The molecule has 1 saturated heterocycles. The molecule has 0 aromatic heterocycles. The summed E-state index contributed by atoms with van der Waals surface area (Å²) in [7, 11) is -9.91. The van der Waals surface area contributed by atoms with Gasteiger partial charge in [-0.1, -0.05) is 12.1 Å². The second-order valence-electron chi connectivity index (χ2n) is 12.1. The van der Waals surface area contributed by atoms with Crippen molar-refractivity contribution in [3.05, 3.63) is 11.6 Å². The maximum absolute atomic E-state index is 12.0. The van der Waals surface area contributed by atoms with E-state index in [1.165, 1.54) is 0 Å². The predicted octanol–water partition coefficient (Wildman–Crippen LogP) is 5.40. The molecule has 0 aromatic carbocycles. The van der Waals surface area contributed by atoms with Gasteiger partial charge < -0.3 is 21.8 Å². The number of ether oxygens (including phenoxy) is 2. The SMILES string of the molecule is CC=C(C)C(=O)OCCC[SiH2]C1([Si](O[Si](C)(C)C)(O[Si](C)(C)C)O[Si](C)(C)C)CCCCO1. The van der Waals surface area contributed by atoms with Gasteiger partial charge in [0, 0.05) is 12.2 Å². The average Bonchev–Trinajstić information content (AvgIpc) is 2.63. The van der Waals surface area contributed by atoms with E-state index < -0.39 is 48.1 Å². The highest BCUT2D eigenvalue weighted by Crippen LogP contribution is 2.41. The third kappa shape index (κ3) is 10.7. The van der Waals surface area contributed by atoms with Crippen molar-refractivity contribution in [2.45, 2.75) is 109 Å². The first-order valence-corrected chi connectivity index (χ1v) is 26.1. The highest BCUT2D eigenvalue weighted by Gasteiger charge is 2.65. The number of carbonyl (C=O) groups is 1. The summed E-state index contributed by atoms with van der Waals surface area (Å²) in [6.45, 7) is 24.9. The lowest BCUT2D eigenvalue weighted by atomic mass is 10.2. The number of allylic oxidation sites excluding steroid dienone is 1. The molecule has 1 unspecified atom stereocenters. The van der Waals surface area contributed by atoms with Gasteiger partial charge in [-0.3, -0.25) is 0 Å². The van der Waals surface area contributed by atoms with Crippen LogP contribution in [0, 0.1) is 0 Å². The molecule has 0 radical (unpaired) electrons. The lowest BCUT2D eigenvalue weighted by Crippen LogP contribution is -2.76. The van der Waals surface area contributed by atoms with E-state index in [4.69, 9.17) is 21.8 Å². The molecule has 0 N–H and O–H groups in total. The summed E-state index contributed by atoms with van der Waals surface area (Å²) in [6, 6.07) is 1.01. The average molecular weight is 551 g/mol. The first-order valence-electron chi connectivity index (χ1n) is 12.5. The zero-order valence-electron chi connectivity index (χ0n) is 23.2. The first-order chi connectivity index (χ1) is 14.9. The fraction of sp³-hybridized carbons (Fsp3) is 0.864. The molecule has 0 bridgehead atoms. The molecule has 0 amide bonds. The van der Waals surface area contributed by atoms with E-state index in [-0.39, 0.29) is 5.97 Å². The Bertz CT molecular complexity index is 617. The molecule has 33 heavy (non-hydrogen) atoms. The minimum absolute atomic E-state index is 0.224. The van der Waals surface area contributed by atoms with Crippen LogP contribution in [0.2, 0.25) is 65.0 Å². The Morgan fingerprint density at radius 3 is 1.85 bits per heavy atom. The van der Waals surface area contributed by atoms with Crippen LogP contribution < -0.4 is 0 Å². The molecule has 1 fully saturated rings. The summed E-state index contributed by atoms with van der Waals surface area (Å²) < 4.78 is 33.5. The van der Waals surface area contributed by atoms with E-state index in [0.717, 1.165) is 38.3 Å². The Morgan fingerprint density at radius 1 is 0.939 bits per heavy atom. The van der Waals surface area contributed by atoms with Gasteiger partial charge in [-0.15, -0.1) is 0 Å². The molecular weight excluding hydrogens is 501 g/mol. The normalized spacial score (nSPS) is 21.6. The number of esters is 1.